The summed E-state index contributed by atoms with van der Waals surface area (Å²) in [5.41, 5.74) is 2.24. The van der Waals surface area contributed by atoms with Crippen molar-refractivity contribution >= 4 is 17.3 Å². The second-order valence-corrected chi connectivity index (χ2v) is 7.50. The zero-order chi connectivity index (χ0) is 22.0. The van der Waals surface area contributed by atoms with Crippen molar-refractivity contribution in [3.63, 3.8) is 0 Å². The number of ketones is 3. The largest absolute Gasteiger partial charge is 0.507 e. The number of phenols is 2. The molecule has 0 aromatic heterocycles. The summed E-state index contributed by atoms with van der Waals surface area (Å²) in [7, 11) is 1.32. The molecule has 0 fully saturated rings. The number of rotatable bonds is 3. The second-order valence-electron chi connectivity index (χ2n) is 7.50. The number of carbonyl (C=O) groups is 3. The van der Waals surface area contributed by atoms with Gasteiger partial charge in [-0.25, -0.2) is 0 Å². The molecule has 4 rings (SSSR count). The highest BCUT2D eigenvalue weighted by Crippen LogP contribution is 2.50. The number of aliphatic hydroxyl groups excluding tert-OH is 1. The number of carbonyl (C=O) groups excluding carboxylic acids is 3. The summed E-state index contributed by atoms with van der Waals surface area (Å²) in [6.45, 7) is -0.793. The van der Waals surface area contributed by atoms with Crippen molar-refractivity contribution in [3.05, 3.63) is 51.6 Å². The molecule has 156 valence electrons. The molecule has 0 spiro atoms. The predicted octanol–water partition coefficient (Wildman–Crippen LogP) is 0.109. The highest BCUT2D eigenvalue weighted by Gasteiger charge is 2.47. The van der Waals surface area contributed by atoms with E-state index in [1.807, 2.05) is 0 Å². The van der Waals surface area contributed by atoms with Crippen molar-refractivity contribution in [1.29, 1.82) is 0 Å². The molecule has 2 aliphatic carbocycles. The van der Waals surface area contributed by atoms with E-state index in [-0.39, 0.29) is 40.8 Å². The molecule has 0 aliphatic heterocycles. The number of aliphatic hydroxyl groups is 2. The highest BCUT2D eigenvalue weighted by atomic mass is 16.5. The Labute approximate surface area is 170 Å². The minimum absolute atomic E-state index is 0.0108. The van der Waals surface area contributed by atoms with Gasteiger partial charge >= 0.3 is 0 Å². The van der Waals surface area contributed by atoms with Gasteiger partial charge in [-0.2, -0.15) is 0 Å². The zero-order valence-corrected chi connectivity index (χ0v) is 15.9. The quantitative estimate of drug-likeness (QED) is 0.296. The average Bonchev–Trinajstić information content (AvgIpc) is 2.72. The van der Waals surface area contributed by atoms with Crippen LogP contribution in [-0.2, 0) is 16.9 Å². The lowest BCUT2D eigenvalue weighted by Crippen LogP contribution is -2.45. The van der Waals surface area contributed by atoms with E-state index in [0.717, 1.165) is 0 Å². The van der Waals surface area contributed by atoms with Crippen LogP contribution in [0, 0.1) is 5.92 Å². The van der Waals surface area contributed by atoms with Crippen molar-refractivity contribution in [1.82, 2.24) is 0 Å². The number of Topliss-reactive ketones (excluding diaryl/α,β-unsaturated/α-hetero) is 1. The Balaban J connectivity index is 2.03. The molecule has 0 saturated carbocycles. The number of phenolic OH excluding ortho intramolecular Hbond substituents is 2. The molecule has 9 nitrogen and oxygen atoms in total. The van der Waals surface area contributed by atoms with E-state index in [4.69, 9.17) is 15.6 Å². The van der Waals surface area contributed by atoms with Crippen LogP contribution in [-0.4, -0.2) is 51.5 Å². The Morgan fingerprint density at radius 1 is 1.17 bits per heavy atom. The first kappa shape index (κ1) is 20.0. The normalized spacial score (nSPS) is 22.2. The van der Waals surface area contributed by atoms with Crippen LogP contribution < -0.4 is 10.5 Å². The lowest BCUT2D eigenvalue weighted by atomic mass is 9.72. The Kier molecular flexibility index (Phi) is 4.42. The molecule has 2 atom stereocenters. The smallest absolute Gasteiger partial charge is 0.202 e. The third kappa shape index (κ3) is 2.56. The van der Waals surface area contributed by atoms with Crippen molar-refractivity contribution in [2.24, 2.45) is 11.7 Å². The topological polar surface area (TPSA) is 167 Å². The first-order chi connectivity index (χ1) is 14.1. The van der Waals surface area contributed by atoms with Crippen LogP contribution in [0.5, 0.6) is 17.2 Å². The summed E-state index contributed by atoms with van der Waals surface area (Å²) in [6.07, 6.45) is -0.513. The lowest BCUT2D eigenvalue weighted by molar-refractivity contribution is -0.129. The molecule has 2 aromatic carbocycles. The second kappa shape index (κ2) is 6.63. The number of ether oxygens (including phenoxy) is 1. The van der Waals surface area contributed by atoms with Gasteiger partial charge in [-0.3, -0.25) is 20.1 Å². The molecule has 2 unspecified atom stereocenters. The van der Waals surface area contributed by atoms with E-state index in [1.54, 1.807) is 0 Å². The molecule has 30 heavy (non-hydrogen) atoms. The van der Waals surface area contributed by atoms with Gasteiger partial charge in [-0.1, -0.05) is 12.1 Å². The molecule has 0 bridgehead atoms. The molecule has 2 aromatic rings. The number of nitrogens with two attached hydrogens (primary N) is 1. The Bertz CT molecular complexity index is 1130. The Morgan fingerprint density at radius 2 is 1.83 bits per heavy atom. The third-order valence-electron chi connectivity index (χ3n) is 5.77. The van der Waals surface area contributed by atoms with Gasteiger partial charge in [0.2, 0.25) is 5.78 Å². The highest BCUT2D eigenvalue weighted by molar-refractivity contribution is 6.31. The van der Waals surface area contributed by atoms with Crippen molar-refractivity contribution < 1.29 is 39.5 Å². The maximum absolute atomic E-state index is 13.2. The summed E-state index contributed by atoms with van der Waals surface area (Å²) in [4.78, 5) is 38.3. The predicted molar refractivity (Wildman–Crippen MR) is 102 cm³/mol. The van der Waals surface area contributed by atoms with Crippen molar-refractivity contribution in [2.45, 2.75) is 18.6 Å². The fourth-order valence-electron chi connectivity index (χ4n) is 4.42. The number of fused-ring (bicyclic) bond motifs is 3. The van der Waals surface area contributed by atoms with E-state index < -0.39 is 58.2 Å². The van der Waals surface area contributed by atoms with Gasteiger partial charge < -0.3 is 25.2 Å². The number of methoxy groups -OCH3 is 1. The molecule has 9 heteroatoms. The molecule has 0 saturated heterocycles. The fraction of sp³-hybridized carbons (Fsp3) is 0.286. The zero-order valence-electron chi connectivity index (χ0n) is 15.9. The first-order valence-electron chi connectivity index (χ1n) is 9.16. The standard InChI is InChI=1S/C21H19NO8/c1-30-12-4-2-3-9-13(12)19(27)15-14(17(9)25)18(26)10-5-8(11(24)7-23)6-21(22,29)16(10)20(15)28/h2-4,8,23,26,28-29H,5-7,22H2,1H3. The van der Waals surface area contributed by atoms with Crippen molar-refractivity contribution in [3.8, 4) is 17.2 Å². The van der Waals surface area contributed by atoms with Gasteiger partial charge in [-0.15, -0.1) is 0 Å². The van der Waals surface area contributed by atoms with Gasteiger partial charge in [0.25, 0.3) is 0 Å². The van der Waals surface area contributed by atoms with Gasteiger partial charge in [0.15, 0.2) is 11.6 Å². The van der Waals surface area contributed by atoms with Crippen LogP contribution in [0.2, 0.25) is 0 Å². The monoisotopic (exact) mass is 413 g/mol. The third-order valence-corrected chi connectivity index (χ3v) is 5.77. The van der Waals surface area contributed by atoms with Crippen LogP contribution in [0.1, 0.15) is 49.4 Å². The van der Waals surface area contributed by atoms with Gasteiger partial charge in [0.05, 0.1) is 23.8 Å². The van der Waals surface area contributed by atoms with E-state index in [9.17, 15) is 29.7 Å². The van der Waals surface area contributed by atoms with E-state index in [0.29, 0.717) is 0 Å². The SMILES string of the molecule is COc1cccc2c1C(=O)c1c(O)c3c(c(O)c1C2=O)CC(C(=O)CO)CC3(N)O. The Morgan fingerprint density at radius 3 is 2.47 bits per heavy atom. The van der Waals surface area contributed by atoms with Crippen LogP contribution >= 0.6 is 0 Å². The summed E-state index contributed by atoms with van der Waals surface area (Å²) in [5.74, 6) is -4.29. The van der Waals surface area contributed by atoms with Crippen LogP contribution in [0.25, 0.3) is 0 Å². The fourth-order valence-corrected chi connectivity index (χ4v) is 4.42. The lowest BCUT2D eigenvalue weighted by Gasteiger charge is -2.37. The molecule has 0 radical (unpaired) electrons. The number of aromatic hydroxyl groups is 2. The van der Waals surface area contributed by atoms with Crippen LogP contribution in [0.15, 0.2) is 18.2 Å². The molecule has 2 aliphatic rings. The van der Waals surface area contributed by atoms with Crippen molar-refractivity contribution in [2.75, 3.05) is 13.7 Å². The molecular weight excluding hydrogens is 394 g/mol. The molecular formula is C21H19NO8. The summed E-state index contributed by atoms with van der Waals surface area (Å²) in [5, 5.41) is 41.7. The molecule has 6 N–H and O–H groups in total. The maximum atomic E-state index is 13.2. The molecule has 0 amide bonds. The first-order valence-corrected chi connectivity index (χ1v) is 9.16. The number of hydrogen-bond acceptors (Lipinski definition) is 9. The average molecular weight is 413 g/mol. The summed E-state index contributed by atoms with van der Waals surface area (Å²) < 4.78 is 5.17. The van der Waals surface area contributed by atoms with Gasteiger partial charge in [0, 0.05) is 29.0 Å². The minimum Gasteiger partial charge on any atom is -0.507 e. The van der Waals surface area contributed by atoms with Crippen LogP contribution in [0.4, 0.5) is 0 Å². The van der Waals surface area contributed by atoms with E-state index in [2.05, 4.69) is 0 Å². The molecule has 0 heterocycles. The summed E-state index contributed by atoms with van der Waals surface area (Å²) in [6, 6.07) is 4.39. The minimum atomic E-state index is -2.27. The van der Waals surface area contributed by atoms with Gasteiger partial charge in [-0.05, 0) is 12.5 Å². The number of benzene rings is 2. The maximum Gasteiger partial charge on any atom is 0.202 e. The number of hydrogen-bond donors (Lipinski definition) is 5. The van der Waals surface area contributed by atoms with E-state index in [1.165, 1.54) is 25.3 Å². The summed E-state index contributed by atoms with van der Waals surface area (Å²) >= 11 is 0. The van der Waals surface area contributed by atoms with E-state index >= 15 is 0 Å². The van der Waals surface area contributed by atoms with Gasteiger partial charge in [0.1, 0.15) is 29.6 Å². The van der Waals surface area contributed by atoms with Crippen LogP contribution in [0.3, 0.4) is 0 Å². The Hall–Kier alpha value is -3.27.